The maximum absolute atomic E-state index is 12.1. The van der Waals surface area contributed by atoms with Crippen LogP contribution < -0.4 is 5.32 Å². The van der Waals surface area contributed by atoms with Gasteiger partial charge in [0.2, 0.25) is 5.91 Å². The lowest BCUT2D eigenvalue weighted by Gasteiger charge is -2.06. The summed E-state index contributed by atoms with van der Waals surface area (Å²) in [4.78, 5) is 24.1. The summed E-state index contributed by atoms with van der Waals surface area (Å²) < 4.78 is 6.00. The molecule has 1 amide bonds. The highest BCUT2D eigenvalue weighted by Crippen LogP contribution is 2.33. The molecule has 0 atom stereocenters. The second-order valence-electron chi connectivity index (χ2n) is 5.53. The number of hydrogen-bond donors (Lipinski definition) is 1. The van der Waals surface area contributed by atoms with E-state index in [0.717, 1.165) is 15.6 Å². The van der Waals surface area contributed by atoms with Gasteiger partial charge in [-0.15, -0.1) is 11.3 Å². The summed E-state index contributed by atoms with van der Waals surface area (Å²) in [5.41, 5.74) is 2.19. The summed E-state index contributed by atoms with van der Waals surface area (Å²) in [6.45, 7) is 3.55. The number of esters is 1. The second kappa shape index (κ2) is 7.85. The fourth-order valence-corrected chi connectivity index (χ4v) is 3.46. The molecular formula is C21H17NO3S. The van der Waals surface area contributed by atoms with Crippen molar-refractivity contribution in [3.63, 3.8) is 0 Å². The van der Waals surface area contributed by atoms with Crippen LogP contribution in [0.4, 0.5) is 5.69 Å². The van der Waals surface area contributed by atoms with Crippen LogP contribution >= 0.6 is 11.3 Å². The Morgan fingerprint density at radius 3 is 2.58 bits per heavy atom. The van der Waals surface area contributed by atoms with Crippen LogP contribution in [0, 0.1) is 11.8 Å². The molecule has 3 aromatic rings. The Morgan fingerprint density at radius 2 is 1.88 bits per heavy atom. The zero-order chi connectivity index (χ0) is 18.5. The van der Waals surface area contributed by atoms with Crippen LogP contribution in [-0.4, -0.2) is 18.5 Å². The molecular weight excluding hydrogens is 346 g/mol. The van der Waals surface area contributed by atoms with Crippen molar-refractivity contribution in [2.75, 3.05) is 11.9 Å². The van der Waals surface area contributed by atoms with E-state index in [1.165, 1.54) is 18.3 Å². The molecule has 5 heteroatoms. The number of rotatable bonds is 3. The first-order valence-corrected chi connectivity index (χ1v) is 8.98. The van der Waals surface area contributed by atoms with E-state index in [1.54, 1.807) is 13.0 Å². The van der Waals surface area contributed by atoms with Crippen molar-refractivity contribution in [2.24, 2.45) is 0 Å². The van der Waals surface area contributed by atoms with Crippen LogP contribution in [0.1, 0.15) is 34.6 Å². The molecule has 26 heavy (non-hydrogen) atoms. The standard InChI is InChI=1S/C21H17NO3S/c1-3-25-21(24)20-13-17-16(10-9-15-7-5-4-6-8-15)18(22-14(2)23)11-12-19(17)26-20/h4-8,11-13H,3H2,1-2H3,(H,22,23). The van der Waals surface area contributed by atoms with E-state index in [2.05, 4.69) is 17.2 Å². The number of carbonyl (C=O) groups excluding carboxylic acids is 2. The van der Waals surface area contributed by atoms with E-state index in [9.17, 15) is 9.59 Å². The summed E-state index contributed by atoms with van der Waals surface area (Å²) in [6.07, 6.45) is 0. The number of ether oxygens (including phenoxy) is 1. The summed E-state index contributed by atoms with van der Waals surface area (Å²) >= 11 is 1.35. The molecule has 3 rings (SSSR count). The molecule has 0 aliphatic carbocycles. The van der Waals surface area contributed by atoms with Gasteiger partial charge in [-0.3, -0.25) is 4.79 Å². The average Bonchev–Trinajstić information content (AvgIpc) is 3.06. The largest absolute Gasteiger partial charge is 0.462 e. The quantitative estimate of drug-likeness (QED) is 0.553. The fourth-order valence-electron chi connectivity index (χ4n) is 2.50. The van der Waals surface area contributed by atoms with E-state index in [0.29, 0.717) is 22.7 Å². The van der Waals surface area contributed by atoms with Crippen LogP contribution in [-0.2, 0) is 9.53 Å². The molecule has 4 nitrogen and oxygen atoms in total. The van der Waals surface area contributed by atoms with Gasteiger partial charge in [0.15, 0.2) is 0 Å². The van der Waals surface area contributed by atoms with Gasteiger partial charge in [-0.25, -0.2) is 4.79 Å². The van der Waals surface area contributed by atoms with Gasteiger partial charge in [0.1, 0.15) is 4.88 Å². The van der Waals surface area contributed by atoms with Crippen LogP contribution in [0.2, 0.25) is 0 Å². The first-order chi connectivity index (χ1) is 12.6. The molecule has 1 aromatic heterocycles. The fraction of sp³-hybridized carbons (Fsp3) is 0.143. The maximum atomic E-state index is 12.1. The predicted octanol–water partition coefficient (Wildman–Crippen LogP) is 4.44. The third-order valence-electron chi connectivity index (χ3n) is 3.59. The number of anilines is 1. The molecule has 2 aromatic carbocycles. The first kappa shape index (κ1) is 17.7. The van der Waals surface area contributed by atoms with Gasteiger partial charge in [-0.05, 0) is 37.3 Å². The molecule has 0 aliphatic heterocycles. The summed E-state index contributed by atoms with van der Waals surface area (Å²) in [6, 6.07) is 15.1. The lowest BCUT2D eigenvalue weighted by molar-refractivity contribution is -0.114. The Bertz CT molecular complexity index is 1030. The molecule has 0 fully saturated rings. The zero-order valence-corrected chi connectivity index (χ0v) is 15.3. The Kier molecular flexibility index (Phi) is 5.35. The van der Waals surface area contributed by atoms with Gasteiger partial charge in [0.05, 0.1) is 17.9 Å². The Hall–Kier alpha value is -3.10. The normalized spacial score (nSPS) is 10.1. The third-order valence-corrected chi connectivity index (χ3v) is 4.67. The van der Waals surface area contributed by atoms with Gasteiger partial charge >= 0.3 is 5.97 Å². The highest BCUT2D eigenvalue weighted by Gasteiger charge is 2.15. The second-order valence-corrected chi connectivity index (χ2v) is 6.61. The highest BCUT2D eigenvalue weighted by molar-refractivity contribution is 7.20. The van der Waals surface area contributed by atoms with Crippen molar-refractivity contribution < 1.29 is 14.3 Å². The molecule has 0 spiro atoms. The van der Waals surface area contributed by atoms with Gasteiger partial charge < -0.3 is 10.1 Å². The number of amides is 1. The van der Waals surface area contributed by atoms with Crippen LogP contribution in [0.5, 0.6) is 0 Å². The molecule has 0 bridgehead atoms. The smallest absolute Gasteiger partial charge is 0.348 e. The molecule has 0 saturated carbocycles. The molecule has 1 heterocycles. The van der Waals surface area contributed by atoms with E-state index < -0.39 is 0 Å². The molecule has 130 valence electrons. The number of benzene rings is 2. The van der Waals surface area contributed by atoms with Crippen LogP contribution in [0.25, 0.3) is 10.1 Å². The molecule has 0 saturated heterocycles. The lowest BCUT2D eigenvalue weighted by atomic mass is 10.1. The topological polar surface area (TPSA) is 55.4 Å². The molecule has 0 radical (unpaired) electrons. The van der Waals surface area contributed by atoms with Crippen molar-refractivity contribution in [2.45, 2.75) is 13.8 Å². The van der Waals surface area contributed by atoms with Crippen molar-refractivity contribution in [1.29, 1.82) is 0 Å². The predicted molar refractivity (Wildman–Crippen MR) is 105 cm³/mol. The maximum Gasteiger partial charge on any atom is 0.348 e. The van der Waals surface area contributed by atoms with Crippen molar-refractivity contribution in [3.8, 4) is 11.8 Å². The summed E-state index contributed by atoms with van der Waals surface area (Å²) in [7, 11) is 0. The van der Waals surface area contributed by atoms with E-state index >= 15 is 0 Å². The van der Waals surface area contributed by atoms with Crippen molar-refractivity contribution >= 4 is 39.0 Å². The molecule has 1 N–H and O–H groups in total. The van der Waals surface area contributed by atoms with Gasteiger partial charge in [0, 0.05) is 22.6 Å². The first-order valence-electron chi connectivity index (χ1n) is 8.17. The highest BCUT2D eigenvalue weighted by atomic mass is 32.1. The Morgan fingerprint density at radius 1 is 1.12 bits per heavy atom. The van der Waals surface area contributed by atoms with Crippen LogP contribution in [0.3, 0.4) is 0 Å². The molecule has 0 unspecified atom stereocenters. The average molecular weight is 363 g/mol. The Balaban J connectivity index is 2.13. The van der Waals surface area contributed by atoms with E-state index in [1.807, 2.05) is 42.5 Å². The number of thiophene rings is 1. The lowest BCUT2D eigenvalue weighted by Crippen LogP contribution is -2.07. The van der Waals surface area contributed by atoms with Crippen molar-refractivity contribution in [3.05, 3.63) is 64.5 Å². The van der Waals surface area contributed by atoms with Gasteiger partial charge in [-0.2, -0.15) is 0 Å². The zero-order valence-electron chi connectivity index (χ0n) is 14.5. The number of fused-ring (bicyclic) bond motifs is 1. The minimum absolute atomic E-state index is 0.173. The molecule has 0 aliphatic rings. The SMILES string of the molecule is CCOC(=O)c1cc2c(C#Cc3ccccc3)c(NC(C)=O)ccc2s1. The monoisotopic (exact) mass is 363 g/mol. The van der Waals surface area contributed by atoms with Gasteiger partial charge in [-0.1, -0.05) is 30.0 Å². The summed E-state index contributed by atoms with van der Waals surface area (Å²) in [5.74, 6) is 5.75. The number of hydrogen-bond acceptors (Lipinski definition) is 4. The van der Waals surface area contributed by atoms with Crippen LogP contribution in [0.15, 0.2) is 48.5 Å². The number of carbonyl (C=O) groups is 2. The minimum atomic E-state index is -0.350. The number of nitrogens with one attached hydrogen (secondary N) is 1. The summed E-state index contributed by atoms with van der Waals surface area (Å²) in [5, 5.41) is 3.64. The van der Waals surface area contributed by atoms with Crippen molar-refractivity contribution in [1.82, 2.24) is 0 Å². The van der Waals surface area contributed by atoms with Gasteiger partial charge in [0.25, 0.3) is 0 Å². The Labute approximate surface area is 155 Å². The third kappa shape index (κ3) is 3.93. The minimum Gasteiger partial charge on any atom is -0.462 e. The van der Waals surface area contributed by atoms with E-state index in [4.69, 9.17) is 4.74 Å². The van der Waals surface area contributed by atoms with E-state index in [-0.39, 0.29) is 11.9 Å².